The zero-order valence-electron chi connectivity index (χ0n) is 11.1. The molecular weight excluding hydrogens is 332 g/mol. The van der Waals surface area contributed by atoms with Gasteiger partial charge in [0.05, 0.1) is 12.1 Å². The van der Waals surface area contributed by atoms with Gasteiger partial charge in [0.25, 0.3) is 5.91 Å². The van der Waals surface area contributed by atoms with Crippen molar-refractivity contribution < 1.29 is 9.59 Å². The Labute approximate surface area is 130 Å². The van der Waals surface area contributed by atoms with Gasteiger partial charge in [-0.1, -0.05) is 34.1 Å². The molecule has 0 aromatic heterocycles. The summed E-state index contributed by atoms with van der Waals surface area (Å²) in [6.45, 7) is 0. The molecule has 0 aliphatic carbocycles. The third-order valence-corrected chi connectivity index (χ3v) is 3.87. The second-order valence-corrected chi connectivity index (χ2v) is 5.73. The lowest BCUT2D eigenvalue weighted by Crippen LogP contribution is -2.34. The summed E-state index contributed by atoms with van der Waals surface area (Å²) in [5.41, 5.74) is 1.44. The van der Waals surface area contributed by atoms with Gasteiger partial charge in [0.2, 0.25) is 5.91 Å². The molecule has 1 N–H and O–H groups in total. The fraction of sp³-hybridized carbons (Fsp3) is 0.125. The van der Waals surface area contributed by atoms with Gasteiger partial charge in [-0.05, 0) is 36.4 Å². The quantitative estimate of drug-likeness (QED) is 0.870. The number of nitrogens with zero attached hydrogens (tertiary/aromatic N) is 1. The highest BCUT2D eigenvalue weighted by Gasteiger charge is 2.39. The van der Waals surface area contributed by atoms with Crippen LogP contribution in [-0.4, -0.2) is 17.9 Å². The van der Waals surface area contributed by atoms with Crippen LogP contribution in [0, 0.1) is 0 Å². The first-order valence-corrected chi connectivity index (χ1v) is 7.38. The highest BCUT2D eigenvalue weighted by atomic mass is 79.9. The SMILES string of the molecule is O=C1C[C@@H](Nc2ccc(Br)cc2)C(=O)N1c1ccccc1. The van der Waals surface area contributed by atoms with Crippen molar-refractivity contribution in [1.82, 2.24) is 0 Å². The largest absolute Gasteiger partial charge is 0.373 e. The lowest BCUT2D eigenvalue weighted by Gasteiger charge is -2.16. The number of benzene rings is 2. The Balaban J connectivity index is 1.79. The van der Waals surface area contributed by atoms with Crippen molar-refractivity contribution >= 4 is 39.1 Å². The van der Waals surface area contributed by atoms with E-state index in [9.17, 15) is 9.59 Å². The minimum atomic E-state index is -0.515. The monoisotopic (exact) mass is 344 g/mol. The van der Waals surface area contributed by atoms with Gasteiger partial charge in [-0.3, -0.25) is 9.59 Å². The van der Waals surface area contributed by atoms with Crippen LogP contribution >= 0.6 is 15.9 Å². The second kappa shape index (κ2) is 5.69. The molecule has 4 nitrogen and oxygen atoms in total. The van der Waals surface area contributed by atoms with Crippen molar-refractivity contribution in [3.05, 3.63) is 59.1 Å². The van der Waals surface area contributed by atoms with Crippen molar-refractivity contribution in [3.63, 3.8) is 0 Å². The summed E-state index contributed by atoms with van der Waals surface area (Å²) in [7, 11) is 0. The van der Waals surface area contributed by atoms with Gasteiger partial charge in [-0.25, -0.2) is 4.90 Å². The van der Waals surface area contributed by atoms with Gasteiger partial charge in [-0.2, -0.15) is 0 Å². The molecule has 0 radical (unpaired) electrons. The summed E-state index contributed by atoms with van der Waals surface area (Å²) in [5, 5.41) is 3.12. The molecule has 5 heteroatoms. The van der Waals surface area contributed by atoms with Gasteiger partial charge in [0, 0.05) is 10.2 Å². The van der Waals surface area contributed by atoms with E-state index in [2.05, 4.69) is 21.2 Å². The average Bonchev–Trinajstić information content (AvgIpc) is 2.77. The maximum absolute atomic E-state index is 12.4. The zero-order valence-corrected chi connectivity index (χ0v) is 12.7. The molecule has 106 valence electrons. The highest BCUT2D eigenvalue weighted by Crippen LogP contribution is 2.25. The van der Waals surface area contributed by atoms with E-state index in [0.29, 0.717) is 5.69 Å². The molecule has 1 atom stereocenters. The first kappa shape index (κ1) is 13.8. The van der Waals surface area contributed by atoms with E-state index in [1.54, 1.807) is 12.1 Å². The zero-order chi connectivity index (χ0) is 14.8. The number of para-hydroxylation sites is 1. The number of hydrogen-bond acceptors (Lipinski definition) is 3. The number of halogens is 1. The van der Waals surface area contributed by atoms with Crippen molar-refractivity contribution in [2.45, 2.75) is 12.5 Å². The van der Waals surface area contributed by atoms with Crippen molar-refractivity contribution in [2.24, 2.45) is 0 Å². The van der Waals surface area contributed by atoms with Crippen LogP contribution in [0.5, 0.6) is 0 Å². The van der Waals surface area contributed by atoms with Crippen LogP contribution in [0.1, 0.15) is 6.42 Å². The number of carbonyl (C=O) groups is 2. The van der Waals surface area contributed by atoms with Gasteiger partial charge < -0.3 is 5.32 Å². The maximum atomic E-state index is 12.4. The van der Waals surface area contributed by atoms with Crippen LogP contribution < -0.4 is 10.2 Å². The normalized spacial score (nSPS) is 18.1. The summed E-state index contributed by atoms with van der Waals surface area (Å²) in [5.74, 6) is -0.394. The van der Waals surface area contributed by atoms with Gasteiger partial charge >= 0.3 is 0 Å². The Kier molecular flexibility index (Phi) is 3.75. The first-order chi connectivity index (χ1) is 10.1. The number of amides is 2. The van der Waals surface area contributed by atoms with Crippen LogP contribution in [0.4, 0.5) is 11.4 Å². The molecule has 1 saturated heterocycles. The Bertz CT molecular complexity index is 670. The molecule has 0 unspecified atom stereocenters. The van der Waals surface area contributed by atoms with E-state index in [1.807, 2.05) is 42.5 Å². The molecule has 3 rings (SSSR count). The molecule has 2 amide bonds. The third-order valence-electron chi connectivity index (χ3n) is 3.35. The van der Waals surface area contributed by atoms with Crippen molar-refractivity contribution in [1.29, 1.82) is 0 Å². The molecule has 0 saturated carbocycles. The minimum Gasteiger partial charge on any atom is -0.373 e. The summed E-state index contributed by atoms with van der Waals surface area (Å²) < 4.78 is 0.966. The molecule has 1 aliphatic heterocycles. The summed E-state index contributed by atoms with van der Waals surface area (Å²) >= 11 is 3.36. The molecule has 0 bridgehead atoms. The van der Waals surface area contributed by atoms with Crippen LogP contribution in [0.2, 0.25) is 0 Å². The standard InChI is InChI=1S/C16H13BrN2O2/c17-11-6-8-12(9-7-11)18-14-10-15(20)19(16(14)21)13-4-2-1-3-5-13/h1-9,14,18H,10H2/t14-/m1/s1. The first-order valence-electron chi connectivity index (χ1n) is 6.59. The van der Waals surface area contributed by atoms with Crippen LogP contribution in [0.15, 0.2) is 59.1 Å². The number of imide groups is 1. The fourth-order valence-electron chi connectivity index (χ4n) is 2.34. The molecule has 21 heavy (non-hydrogen) atoms. The Hall–Kier alpha value is -2.14. The number of anilines is 2. The van der Waals surface area contributed by atoms with E-state index in [4.69, 9.17) is 0 Å². The predicted octanol–water partition coefficient (Wildman–Crippen LogP) is 3.19. The predicted molar refractivity (Wildman–Crippen MR) is 85.1 cm³/mol. The molecule has 1 fully saturated rings. The van der Waals surface area contributed by atoms with E-state index in [-0.39, 0.29) is 18.2 Å². The number of nitrogens with one attached hydrogen (secondary N) is 1. The van der Waals surface area contributed by atoms with Crippen LogP contribution in [0.25, 0.3) is 0 Å². The topological polar surface area (TPSA) is 49.4 Å². The fourth-order valence-corrected chi connectivity index (χ4v) is 2.60. The van der Waals surface area contributed by atoms with Gasteiger partial charge in [0.15, 0.2) is 0 Å². The number of hydrogen-bond donors (Lipinski definition) is 1. The minimum absolute atomic E-state index is 0.170. The number of rotatable bonds is 3. The van der Waals surface area contributed by atoms with Gasteiger partial charge in [-0.15, -0.1) is 0 Å². The molecule has 0 spiro atoms. The lowest BCUT2D eigenvalue weighted by molar-refractivity contribution is -0.121. The Morgan fingerprint density at radius 2 is 1.67 bits per heavy atom. The summed E-state index contributed by atoms with van der Waals surface area (Å²) in [6, 6.07) is 16.0. The van der Waals surface area contributed by atoms with E-state index < -0.39 is 6.04 Å². The van der Waals surface area contributed by atoms with Crippen molar-refractivity contribution in [2.75, 3.05) is 10.2 Å². The number of carbonyl (C=O) groups excluding carboxylic acids is 2. The lowest BCUT2D eigenvalue weighted by atomic mass is 10.2. The smallest absolute Gasteiger partial charge is 0.256 e. The molecule has 2 aromatic carbocycles. The van der Waals surface area contributed by atoms with Crippen LogP contribution in [0.3, 0.4) is 0 Å². The second-order valence-electron chi connectivity index (χ2n) is 4.81. The molecule has 2 aromatic rings. The van der Waals surface area contributed by atoms with E-state index in [0.717, 1.165) is 10.2 Å². The van der Waals surface area contributed by atoms with Crippen molar-refractivity contribution in [3.8, 4) is 0 Å². The van der Waals surface area contributed by atoms with E-state index >= 15 is 0 Å². The summed E-state index contributed by atoms with van der Waals surface area (Å²) in [6.07, 6.45) is 0.170. The molecule has 1 heterocycles. The average molecular weight is 345 g/mol. The Morgan fingerprint density at radius 3 is 2.33 bits per heavy atom. The Morgan fingerprint density at radius 1 is 1.00 bits per heavy atom. The maximum Gasteiger partial charge on any atom is 0.256 e. The van der Waals surface area contributed by atoms with Crippen LogP contribution in [-0.2, 0) is 9.59 Å². The molecule has 1 aliphatic rings. The van der Waals surface area contributed by atoms with Gasteiger partial charge in [0.1, 0.15) is 6.04 Å². The summed E-state index contributed by atoms with van der Waals surface area (Å²) in [4.78, 5) is 25.8. The third kappa shape index (κ3) is 2.83. The molecular formula is C16H13BrN2O2. The highest BCUT2D eigenvalue weighted by molar-refractivity contribution is 9.10. The van der Waals surface area contributed by atoms with E-state index in [1.165, 1.54) is 4.90 Å².